The average molecular weight is 500 g/mol. The summed E-state index contributed by atoms with van der Waals surface area (Å²) < 4.78 is 30.3. The van der Waals surface area contributed by atoms with Gasteiger partial charge in [-0.1, -0.05) is 23.4 Å². The summed E-state index contributed by atoms with van der Waals surface area (Å²) in [5.41, 5.74) is 1.04. The topological polar surface area (TPSA) is 120 Å². The number of aryl methyl sites for hydroxylation is 1. The van der Waals surface area contributed by atoms with Crippen LogP contribution in [0.5, 0.6) is 0 Å². The van der Waals surface area contributed by atoms with Gasteiger partial charge in [-0.25, -0.2) is 8.42 Å². The second-order valence-corrected chi connectivity index (χ2v) is 11.2. The second-order valence-electron chi connectivity index (χ2n) is 8.16. The summed E-state index contributed by atoms with van der Waals surface area (Å²) >= 11 is 1.57. The summed E-state index contributed by atoms with van der Waals surface area (Å²) in [6.07, 6.45) is 1.55. The predicted octanol–water partition coefficient (Wildman–Crippen LogP) is 2.36. The summed E-state index contributed by atoms with van der Waals surface area (Å²) in [7, 11) is -3.59. The number of aromatic nitrogens is 2. The standard InChI is InChI=1S/C23H25N5O4S2/c24-15-18-5-7-19(8-6-18)16-34(30,31)17-22(29)28-12-10-27(11-13-28)9-1-4-21-25-23(26-32-21)20-3-2-14-33-20/h2-3,5-8,14H,1,4,9-13,16-17H2. The zero-order valence-electron chi connectivity index (χ0n) is 18.6. The van der Waals surface area contributed by atoms with E-state index in [1.807, 2.05) is 23.6 Å². The van der Waals surface area contributed by atoms with E-state index in [2.05, 4.69) is 15.0 Å². The number of benzene rings is 1. The predicted molar refractivity (Wildman–Crippen MR) is 128 cm³/mol. The molecule has 0 aliphatic carbocycles. The summed E-state index contributed by atoms with van der Waals surface area (Å²) in [5, 5.41) is 14.8. The van der Waals surface area contributed by atoms with Crippen LogP contribution in [0.1, 0.15) is 23.4 Å². The molecule has 1 aromatic carbocycles. The lowest BCUT2D eigenvalue weighted by Crippen LogP contribution is -2.50. The molecule has 3 aromatic rings. The normalized spacial score (nSPS) is 14.7. The van der Waals surface area contributed by atoms with Gasteiger partial charge < -0.3 is 9.42 Å². The van der Waals surface area contributed by atoms with Gasteiger partial charge in [-0.15, -0.1) is 11.3 Å². The number of carbonyl (C=O) groups is 1. The van der Waals surface area contributed by atoms with Gasteiger partial charge in [0, 0.05) is 32.6 Å². The van der Waals surface area contributed by atoms with E-state index >= 15 is 0 Å². The summed E-state index contributed by atoms with van der Waals surface area (Å²) in [4.78, 5) is 21.9. The molecule has 4 rings (SSSR count). The van der Waals surface area contributed by atoms with Crippen molar-refractivity contribution in [1.29, 1.82) is 5.26 Å². The van der Waals surface area contributed by atoms with E-state index in [0.29, 0.717) is 55.4 Å². The molecule has 0 saturated carbocycles. The van der Waals surface area contributed by atoms with Crippen molar-refractivity contribution in [3.05, 3.63) is 58.8 Å². The van der Waals surface area contributed by atoms with Crippen LogP contribution in [0.2, 0.25) is 0 Å². The first-order valence-electron chi connectivity index (χ1n) is 11.0. The van der Waals surface area contributed by atoms with Crippen molar-refractivity contribution in [1.82, 2.24) is 19.9 Å². The van der Waals surface area contributed by atoms with Crippen LogP contribution >= 0.6 is 11.3 Å². The molecule has 0 radical (unpaired) electrons. The maximum atomic E-state index is 12.6. The molecule has 1 saturated heterocycles. The number of hydrogen-bond donors (Lipinski definition) is 0. The Morgan fingerprint density at radius 2 is 1.91 bits per heavy atom. The number of rotatable bonds is 9. The Bertz CT molecular complexity index is 1240. The monoisotopic (exact) mass is 499 g/mol. The molecule has 9 nitrogen and oxygen atoms in total. The smallest absolute Gasteiger partial charge is 0.237 e. The Balaban J connectivity index is 1.18. The van der Waals surface area contributed by atoms with Crippen LogP contribution in [0.3, 0.4) is 0 Å². The molecule has 1 amide bonds. The Morgan fingerprint density at radius 3 is 2.59 bits per heavy atom. The lowest BCUT2D eigenvalue weighted by molar-refractivity contribution is -0.130. The van der Waals surface area contributed by atoms with E-state index in [4.69, 9.17) is 9.78 Å². The van der Waals surface area contributed by atoms with Crippen LogP contribution in [0, 0.1) is 11.3 Å². The van der Waals surface area contributed by atoms with Crippen molar-refractivity contribution in [3.8, 4) is 16.8 Å². The lowest BCUT2D eigenvalue weighted by Gasteiger charge is -2.34. The molecule has 1 aliphatic heterocycles. The Hall–Kier alpha value is -3.07. The van der Waals surface area contributed by atoms with Gasteiger partial charge in [0.05, 0.1) is 22.3 Å². The van der Waals surface area contributed by atoms with Crippen molar-refractivity contribution in [2.24, 2.45) is 0 Å². The van der Waals surface area contributed by atoms with Crippen LogP contribution in [-0.4, -0.2) is 72.7 Å². The summed E-state index contributed by atoms with van der Waals surface area (Å²) in [6, 6.07) is 12.3. The highest BCUT2D eigenvalue weighted by molar-refractivity contribution is 7.91. The quantitative estimate of drug-likeness (QED) is 0.440. The molecule has 2 aromatic heterocycles. The molecule has 34 heavy (non-hydrogen) atoms. The lowest BCUT2D eigenvalue weighted by atomic mass is 10.2. The second kappa shape index (κ2) is 10.9. The summed E-state index contributed by atoms with van der Waals surface area (Å²) in [6.45, 7) is 3.26. The van der Waals surface area contributed by atoms with Gasteiger partial charge in [0.15, 0.2) is 9.84 Å². The average Bonchev–Trinajstić information content (AvgIpc) is 3.52. The first-order chi connectivity index (χ1) is 16.4. The van der Waals surface area contributed by atoms with E-state index in [0.717, 1.165) is 17.8 Å². The van der Waals surface area contributed by atoms with Gasteiger partial charge in [-0.05, 0) is 42.1 Å². The fourth-order valence-corrected chi connectivity index (χ4v) is 5.81. The van der Waals surface area contributed by atoms with Gasteiger partial charge in [0.25, 0.3) is 0 Å². The first-order valence-corrected chi connectivity index (χ1v) is 13.7. The number of thiophene rings is 1. The molecular formula is C23H25N5O4S2. The molecular weight excluding hydrogens is 474 g/mol. The maximum Gasteiger partial charge on any atom is 0.237 e. The van der Waals surface area contributed by atoms with Crippen LogP contribution in [0.15, 0.2) is 46.3 Å². The fraction of sp³-hybridized carbons (Fsp3) is 0.391. The number of hydrogen-bond acceptors (Lipinski definition) is 9. The van der Waals surface area contributed by atoms with Gasteiger partial charge >= 0.3 is 0 Å². The number of piperazine rings is 1. The van der Waals surface area contributed by atoms with Crippen molar-refractivity contribution < 1.29 is 17.7 Å². The molecule has 0 atom stereocenters. The Morgan fingerprint density at radius 1 is 1.15 bits per heavy atom. The van der Waals surface area contributed by atoms with Gasteiger partial charge in [0.2, 0.25) is 17.6 Å². The van der Waals surface area contributed by atoms with Crippen LogP contribution in [0.25, 0.3) is 10.7 Å². The van der Waals surface area contributed by atoms with E-state index < -0.39 is 15.6 Å². The third kappa shape index (κ3) is 6.50. The number of amides is 1. The molecule has 1 aliphatic rings. The van der Waals surface area contributed by atoms with Crippen molar-refractivity contribution in [3.63, 3.8) is 0 Å². The largest absolute Gasteiger partial charge is 0.339 e. The maximum absolute atomic E-state index is 12.6. The highest BCUT2D eigenvalue weighted by atomic mass is 32.2. The Labute approximate surface area is 202 Å². The number of nitriles is 1. The van der Waals surface area contributed by atoms with Crippen molar-refractivity contribution in [2.75, 3.05) is 38.5 Å². The van der Waals surface area contributed by atoms with E-state index in [1.54, 1.807) is 40.5 Å². The van der Waals surface area contributed by atoms with Crippen molar-refractivity contribution >= 4 is 27.1 Å². The first kappa shape index (κ1) is 24.1. The van der Waals surface area contributed by atoms with Crippen molar-refractivity contribution in [2.45, 2.75) is 18.6 Å². The molecule has 0 spiro atoms. The Kier molecular flexibility index (Phi) is 7.72. The highest BCUT2D eigenvalue weighted by Gasteiger charge is 2.25. The van der Waals surface area contributed by atoms with E-state index in [9.17, 15) is 13.2 Å². The van der Waals surface area contributed by atoms with E-state index in [1.165, 1.54) is 0 Å². The zero-order valence-corrected chi connectivity index (χ0v) is 20.2. The molecule has 178 valence electrons. The SMILES string of the molecule is N#Cc1ccc(CS(=O)(=O)CC(=O)N2CCN(CCCc3nc(-c4cccs4)no3)CC2)cc1. The third-order valence-corrected chi connectivity index (χ3v) is 7.94. The van der Waals surface area contributed by atoms with Crippen LogP contribution < -0.4 is 0 Å². The third-order valence-electron chi connectivity index (χ3n) is 5.61. The molecule has 0 unspecified atom stereocenters. The van der Waals surface area contributed by atoms with Crippen LogP contribution in [0.4, 0.5) is 0 Å². The van der Waals surface area contributed by atoms with E-state index in [-0.39, 0.29) is 11.7 Å². The highest BCUT2D eigenvalue weighted by Crippen LogP contribution is 2.21. The number of sulfone groups is 1. The fourth-order valence-electron chi connectivity index (χ4n) is 3.80. The molecule has 1 fully saturated rings. The molecule has 3 heterocycles. The number of carbonyl (C=O) groups excluding carboxylic acids is 1. The van der Waals surface area contributed by atoms with Gasteiger partial charge in [-0.2, -0.15) is 10.2 Å². The molecule has 0 bridgehead atoms. The minimum Gasteiger partial charge on any atom is -0.339 e. The van der Waals surface area contributed by atoms with Crippen LogP contribution in [-0.2, 0) is 26.8 Å². The zero-order chi connectivity index (χ0) is 24.0. The molecule has 11 heteroatoms. The molecule has 0 N–H and O–H groups in total. The van der Waals surface area contributed by atoms with Gasteiger partial charge in [0.1, 0.15) is 5.75 Å². The summed E-state index contributed by atoms with van der Waals surface area (Å²) in [5.74, 6) is 0.154. The van der Waals surface area contributed by atoms with Gasteiger partial charge in [-0.3, -0.25) is 9.69 Å². The number of nitrogens with zero attached hydrogens (tertiary/aromatic N) is 5. The minimum absolute atomic E-state index is 0.214. The minimum atomic E-state index is -3.59.